The number of hydrogen-bond acceptors (Lipinski definition) is 2. The summed E-state index contributed by atoms with van der Waals surface area (Å²) in [6.45, 7) is 0.847. The van der Waals surface area contributed by atoms with Gasteiger partial charge in [-0.05, 0) is 28.8 Å². The second kappa shape index (κ2) is 4.77. The van der Waals surface area contributed by atoms with Gasteiger partial charge in [0.25, 0.3) is 0 Å². The van der Waals surface area contributed by atoms with Gasteiger partial charge in [-0.1, -0.05) is 0 Å². The van der Waals surface area contributed by atoms with Crippen LogP contribution in [-0.4, -0.2) is 19.6 Å². The molecule has 0 amide bonds. The molecule has 1 rings (SSSR count). The van der Waals surface area contributed by atoms with Crippen LogP contribution in [-0.2, 0) is 6.42 Å². The van der Waals surface area contributed by atoms with Crippen molar-refractivity contribution in [2.24, 2.45) is 10.7 Å². The van der Waals surface area contributed by atoms with Gasteiger partial charge >= 0.3 is 0 Å². The molecule has 1 aromatic heterocycles. The minimum absolute atomic E-state index is 0.505. The molecule has 0 spiro atoms. The summed E-state index contributed by atoms with van der Waals surface area (Å²) in [5, 5.41) is 7.22. The van der Waals surface area contributed by atoms with Crippen LogP contribution in [0.4, 0.5) is 0 Å². The molecule has 0 unspecified atom stereocenters. The molecule has 0 fully saturated rings. The van der Waals surface area contributed by atoms with Crippen molar-refractivity contribution in [3.05, 3.63) is 22.4 Å². The third kappa shape index (κ3) is 2.92. The second-order valence-electron chi connectivity index (χ2n) is 2.42. The van der Waals surface area contributed by atoms with Crippen molar-refractivity contribution in [3.8, 4) is 0 Å². The first-order valence-corrected chi connectivity index (χ1v) is 4.74. The van der Waals surface area contributed by atoms with E-state index in [-0.39, 0.29) is 0 Å². The van der Waals surface area contributed by atoms with Gasteiger partial charge in [0.2, 0.25) is 0 Å². The van der Waals surface area contributed by atoms with Crippen molar-refractivity contribution in [2.45, 2.75) is 6.42 Å². The summed E-state index contributed by atoms with van der Waals surface area (Å²) in [5.41, 5.74) is 6.80. The summed E-state index contributed by atoms with van der Waals surface area (Å²) in [4.78, 5) is 3.79. The van der Waals surface area contributed by atoms with Crippen molar-refractivity contribution in [3.63, 3.8) is 0 Å². The first kappa shape index (κ1) is 9.06. The quantitative estimate of drug-likeness (QED) is 0.538. The molecule has 0 saturated carbocycles. The molecule has 3 nitrogen and oxygen atoms in total. The number of aliphatic imine (C=N–C) groups is 1. The van der Waals surface area contributed by atoms with E-state index in [1.165, 1.54) is 5.56 Å². The highest BCUT2D eigenvalue weighted by molar-refractivity contribution is 7.07. The van der Waals surface area contributed by atoms with Gasteiger partial charge in [0.1, 0.15) is 0 Å². The van der Waals surface area contributed by atoms with Crippen LogP contribution in [0, 0.1) is 0 Å². The monoisotopic (exact) mass is 183 g/mol. The Hall–Kier alpha value is -1.03. The van der Waals surface area contributed by atoms with Crippen molar-refractivity contribution < 1.29 is 0 Å². The molecule has 3 N–H and O–H groups in total. The highest BCUT2D eigenvalue weighted by Crippen LogP contribution is 2.05. The van der Waals surface area contributed by atoms with Gasteiger partial charge in [0.05, 0.1) is 0 Å². The Balaban J connectivity index is 2.19. The van der Waals surface area contributed by atoms with Crippen LogP contribution in [0.1, 0.15) is 5.56 Å². The lowest BCUT2D eigenvalue weighted by molar-refractivity contribution is 0.859. The van der Waals surface area contributed by atoms with Crippen molar-refractivity contribution in [1.29, 1.82) is 0 Å². The molecule has 0 aliphatic heterocycles. The van der Waals surface area contributed by atoms with Crippen LogP contribution in [0.25, 0.3) is 0 Å². The molecule has 0 bridgehead atoms. The normalized spacial score (nSPS) is 11.6. The summed E-state index contributed by atoms with van der Waals surface area (Å²) in [6, 6.07) is 2.12. The molecule has 1 aromatic rings. The SMILES string of the molecule is CN=C(N)NCCc1ccsc1. The van der Waals surface area contributed by atoms with Crippen LogP contribution in [0.3, 0.4) is 0 Å². The van der Waals surface area contributed by atoms with E-state index in [0.29, 0.717) is 5.96 Å². The number of nitrogens with one attached hydrogen (secondary N) is 1. The smallest absolute Gasteiger partial charge is 0.188 e. The highest BCUT2D eigenvalue weighted by atomic mass is 32.1. The highest BCUT2D eigenvalue weighted by Gasteiger charge is 1.92. The number of hydrogen-bond donors (Lipinski definition) is 2. The maximum atomic E-state index is 5.45. The zero-order chi connectivity index (χ0) is 8.81. The van der Waals surface area contributed by atoms with E-state index in [2.05, 4.69) is 27.1 Å². The molecule has 0 atom stereocenters. The Morgan fingerprint density at radius 1 is 1.75 bits per heavy atom. The molecular formula is C8H13N3S. The Kier molecular flexibility index (Phi) is 3.60. The first-order chi connectivity index (χ1) is 5.83. The molecule has 12 heavy (non-hydrogen) atoms. The van der Waals surface area contributed by atoms with E-state index < -0.39 is 0 Å². The summed E-state index contributed by atoms with van der Waals surface area (Å²) in [5.74, 6) is 0.505. The fourth-order valence-electron chi connectivity index (χ4n) is 0.849. The van der Waals surface area contributed by atoms with Gasteiger partial charge in [-0.15, -0.1) is 0 Å². The molecule has 0 aliphatic carbocycles. The number of nitrogens with two attached hydrogens (primary N) is 1. The Labute approximate surface area is 76.3 Å². The average molecular weight is 183 g/mol. The van der Waals surface area contributed by atoms with Crippen LogP contribution < -0.4 is 11.1 Å². The predicted molar refractivity (Wildman–Crippen MR) is 53.6 cm³/mol. The second-order valence-corrected chi connectivity index (χ2v) is 3.20. The number of thiophene rings is 1. The lowest BCUT2D eigenvalue weighted by atomic mass is 10.2. The number of rotatable bonds is 3. The standard InChI is InChI=1S/C8H13N3S/c1-10-8(9)11-4-2-7-3-5-12-6-7/h3,5-6H,2,4H2,1H3,(H3,9,10,11). The minimum Gasteiger partial charge on any atom is -0.370 e. The molecule has 4 heteroatoms. The molecule has 1 heterocycles. The van der Waals surface area contributed by atoms with E-state index in [4.69, 9.17) is 5.73 Å². The van der Waals surface area contributed by atoms with Gasteiger partial charge in [0.15, 0.2) is 5.96 Å². The Bertz CT molecular complexity index is 241. The predicted octanol–water partition coefficient (Wildman–Crippen LogP) is 0.825. The molecule has 0 radical (unpaired) electrons. The van der Waals surface area contributed by atoms with Crippen LogP contribution >= 0.6 is 11.3 Å². The third-order valence-electron chi connectivity index (χ3n) is 1.54. The van der Waals surface area contributed by atoms with Gasteiger partial charge in [-0.2, -0.15) is 11.3 Å². The number of nitrogens with zero attached hydrogens (tertiary/aromatic N) is 1. The molecular weight excluding hydrogens is 170 g/mol. The van der Waals surface area contributed by atoms with Gasteiger partial charge < -0.3 is 11.1 Å². The van der Waals surface area contributed by atoms with E-state index in [1.807, 2.05) is 0 Å². The van der Waals surface area contributed by atoms with E-state index in [0.717, 1.165) is 13.0 Å². The summed E-state index contributed by atoms with van der Waals surface area (Å²) in [6.07, 6.45) is 1.000. The fourth-order valence-corrected chi connectivity index (χ4v) is 1.55. The van der Waals surface area contributed by atoms with Gasteiger partial charge in [-0.25, -0.2) is 0 Å². The third-order valence-corrected chi connectivity index (χ3v) is 2.27. The van der Waals surface area contributed by atoms with Gasteiger partial charge in [0, 0.05) is 13.6 Å². The van der Waals surface area contributed by atoms with E-state index in [9.17, 15) is 0 Å². The van der Waals surface area contributed by atoms with Crippen LogP contribution in [0.15, 0.2) is 21.8 Å². The summed E-state index contributed by atoms with van der Waals surface area (Å²) < 4.78 is 0. The van der Waals surface area contributed by atoms with Crippen molar-refractivity contribution in [1.82, 2.24) is 5.32 Å². The Morgan fingerprint density at radius 2 is 2.58 bits per heavy atom. The lowest BCUT2D eigenvalue weighted by Gasteiger charge is -2.02. The zero-order valence-corrected chi connectivity index (χ0v) is 7.90. The summed E-state index contributed by atoms with van der Waals surface area (Å²) >= 11 is 1.71. The van der Waals surface area contributed by atoms with Crippen LogP contribution in [0.2, 0.25) is 0 Å². The molecule has 66 valence electrons. The molecule has 0 aromatic carbocycles. The summed E-state index contributed by atoms with van der Waals surface area (Å²) in [7, 11) is 1.67. The van der Waals surface area contributed by atoms with Crippen LogP contribution in [0.5, 0.6) is 0 Å². The van der Waals surface area contributed by atoms with Crippen molar-refractivity contribution >= 4 is 17.3 Å². The lowest BCUT2D eigenvalue weighted by Crippen LogP contribution is -2.32. The minimum atomic E-state index is 0.505. The maximum absolute atomic E-state index is 5.45. The van der Waals surface area contributed by atoms with E-state index in [1.54, 1.807) is 18.4 Å². The molecule has 0 saturated heterocycles. The molecule has 0 aliphatic rings. The first-order valence-electron chi connectivity index (χ1n) is 3.80. The topological polar surface area (TPSA) is 50.4 Å². The maximum Gasteiger partial charge on any atom is 0.188 e. The number of guanidine groups is 1. The van der Waals surface area contributed by atoms with Gasteiger partial charge in [-0.3, -0.25) is 4.99 Å². The largest absolute Gasteiger partial charge is 0.370 e. The van der Waals surface area contributed by atoms with E-state index >= 15 is 0 Å². The fraction of sp³-hybridized carbons (Fsp3) is 0.375. The average Bonchev–Trinajstić information content (AvgIpc) is 2.57. The Morgan fingerprint density at radius 3 is 3.17 bits per heavy atom. The van der Waals surface area contributed by atoms with Crippen molar-refractivity contribution in [2.75, 3.05) is 13.6 Å². The zero-order valence-electron chi connectivity index (χ0n) is 7.08.